The van der Waals surface area contributed by atoms with E-state index >= 15 is 0 Å². The van der Waals surface area contributed by atoms with Crippen LogP contribution in [0.15, 0.2) is 237 Å². The molecule has 13 aromatic rings. The lowest BCUT2D eigenvalue weighted by molar-refractivity contribution is 0.414. The molecule has 3 aliphatic rings. The van der Waals surface area contributed by atoms with Crippen molar-refractivity contribution < 1.29 is 9.47 Å². The van der Waals surface area contributed by atoms with E-state index in [1.165, 1.54) is 44.2 Å². The zero-order valence-corrected chi connectivity index (χ0v) is 47.3. The number of hydrogen-bond acceptors (Lipinski definition) is 4. The van der Waals surface area contributed by atoms with Gasteiger partial charge in [0.05, 0.1) is 33.4 Å². The molecule has 2 aliphatic heterocycles. The van der Waals surface area contributed by atoms with Gasteiger partial charge in [-0.25, -0.2) is 0 Å². The zero-order chi connectivity index (χ0) is 55.9. The predicted octanol–water partition coefficient (Wildman–Crippen LogP) is 20.8. The van der Waals surface area contributed by atoms with Crippen LogP contribution in [0.1, 0.15) is 86.1 Å². The second-order valence-electron chi connectivity index (χ2n) is 24.2. The smallest absolute Gasteiger partial charge is 0.156 e. The van der Waals surface area contributed by atoms with Gasteiger partial charge < -0.3 is 28.8 Å². The molecule has 1 N–H and O–H groups in total. The lowest BCUT2D eigenvalue weighted by Gasteiger charge is -2.41. The number of benzene rings is 11. The molecule has 0 radical (unpaired) electrons. The molecule has 0 unspecified atom stereocenters. The SMILES string of the molecule is CC1(C)c2cc(-n3c4ccccc4c4cc(Nc5ccccc5)ccc43)c3c(c2C=Cc2c1cc(-n1c4ccccc4c4cc(N(c5ccccc5)c5ccccc5)ccc41)c1c2C(C)(C)c2ccccc2O1)C(C)(C)c1ccccc1O3. The highest BCUT2D eigenvalue weighted by Crippen LogP contribution is 2.60. The van der Waals surface area contributed by atoms with Crippen molar-refractivity contribution in [3.8, 4) is 34.4 Å². The average molecular weight is 1070 g/mol. The number of nitrogens with zero attached hydrogens (tertiary/aromatic N) is 3. The van der Waals surface area contributed by atoms with Crippen molar-refractivity contribution in [2.75, 3.05) is 10.2 Å². The number of aromatic nitrogens is 2. The first kappa shape index (κ1) is 48.8. The van der Waals surface area contributed by atoms with Gasteiger partial charge in [0.25, 0.3) is 0 Å². The quantitative estimate of drug-likeness (QED) is 0.173. The van der Waals surface area contributed by atoms with E-state index in [0.717, 1.165) is 107 Å². The zero-order valence-electron chi connectivity index (χ0n) is 47.3. The Morgan fingerprint density at radius 1 is 0.337 bits per heavy atom. The van der Waals surface area contributed by atoms with Crippen molar-refractivity contribution in [3.63, 3.8) is 0 Å². The van der Waals surface area contributed by atoms with E-state index in [4.69, 9.17) is 9.47 Å². The summed E-state index contributed by atoms with van der Waals surface area (Å²) in [5.41, 5.74) is 19.7. The van der Waals surface area contributed by atoms with Gasteiger partial charge >= 0.3 is 0 Å². The van der Waals surface area contributed by atoms with Crippen LogP contribution in [0.3, 0.4) is 0 Å². The Morgan fingerprint density at radius 2 is 0.759 bits per heavy atom. The van der Waals surface area contributed by atoms with Gasteiger partial charge in [0.1, 0.15) is 11.5 Å². The number of ether oxygens (including phenoxy) is 2. The Hall–Kier alpha value is -10.0. The van der Waals surface area contributed by atoms with Crippen molar-refractivity contribution in [1.29, 1.82) is 0 Å². The van der Waals surface area contributed by atoms with E-state index in [2.05, 4.69) is 310 Å². The molecule has 6 nitrogen and oxygen atoms in total. The summed E-state index contributed by atoms with van der Waals surface area (Å²) in [6, 6.07) is 85.3. The van der Waals surface area contributed by atoms with Crippen LogP contribution in [0.4, 0.5) is 28.4 Å². The van der Waals surface area contributed by atoms with Crippen LogP contribution < -0.4 is 19.7 Å². The first-order valence-corrected chi connectivity index (χ1v) is 28.9. The van der Waals surface area contributed by atoms with Crippen LogP contribution in [-0.4, -0.2) is 9.13 Å². The minimum absolute atomic E-state index is 0.461. The fourth-order valence-corrected chi connectivity index (χ4v) is 14.4. The second-order valence-corrected chi connectivity index (χ2v) is 24.2. The maximum atomic E-state index is 7.46. The van der Waals surface area contributed by atoms with Crippen LogP contribution in [-0.2, 0) is 16.2 Å². The number of nitrogens with one attached hydrogen (secondary N) is 1. The van der Waals surface area contributed by atoms with E-state index in [1.54, 1.807) is 0 Å². The van der Waals surface area contributed by atoms with Gasteiger partial charge in [-0.15, -0.1) is 0 Å². The minimum atomic E-state index is -0.592. The highest BCUT2D eigenvalue weighted by molar-refractivity contribution is 6.12. The van der Waals surface area contributed by atoms with Crippen LogP contribution in [0.2, 0.25) is 0 Å². The Kier molecular flexibility index (Phi) is 10.6. The number of anilines is 5. The van der Waals surface area contributed by atoms with Crippen molar-refractivity contribution >= 4 is 84.2 Å². The first-order valence-electron chi connectivity index (χ1n) is 28.9. The van der Waals surface area contributed by atoms with Crippen molar-refractivity contribution in [3.05, 3.63) is 281 Å². The summed E-state index contributed by atoms with van der Waals surface area (Å²) in [7, 11) is 0. The summed E-state index contributed by atoms with van der Waals surface area (Å²) in [6.45, 7) is 14.4. The molecule has 0 bridgehead atoms. The molecule has 16 rings (SSSR count). The monoisotopic (exact) mass is 1070 g/mol. The first-order chi connectivity index (χ1) is 40.4. The van der Waals surface area contributed by atoms with Crippen LogP contribution in [0, 0.1) is 0 Å². The Balaban J connectivity index is 0.969. The Labute approximate surface area is 483 Å². The molecule has 2 aromatic heterocycles. The molecule has 400 valence electrons. The summed E-state index contributed by atoms with van der Waals surface area (Å²) < 4.78 is 19.8. The molecule has 0 saturated carbocycles. The van der Waals surface area contributed by atoms with E-state index < -0.39 is 16.2 Å². The van der Waals surface area contributed by atoms with Crippen molar-refractivity contribution in [1.82, 2.24) is 9.13 Å². The van der Waals surface area contributed by atoms with Gasteiger partial charge in [0, 0.05) is 88.5 Å². The normalized spacial score (nSPS) is 14.8. The number of rotatable bonds is 7. The predicted molar refractivity (Wildman–Crippen MR) is 344 cm³/mol. The maximum absolute atomic E-state index is 7.46. The fraction of sp³-hybridized carbons (Fsp3) is 0.117. The van der Waals surface area contributed by atoms with Crippen molar-refractivity contribution in [2.24, 2.45) is 0 Å². The third-order valence-corrected chi connectivity index (χ3v) is 18.3. The molecule has 0 spiro atoms. The molecule has 11 aromatic carbocycles. The van der Waals surface area contributed by atoms with E-state index in [0.29, 0.717) is 0 Å². The van der Waals surface area contributed by atoms with Gasteiger partial charge in [-0.2, -0.15) is 0 Å². The van der Waals surface area contributed by atoms with Crippen molar-refractivity contribution in [2.45, 2.75) is 57.8 Å². The maximum Gasteiger partial charge on any atom is 0.156 e. The highest BCUT2D eigenvalue weighted by Gasteiger charge is 2.46. The molecular weight excluding hydrogens is 1010 g/mol. The second kappa shape index (κ2) is 18.0. The molecule has 0 amide bonds. The molecule has 0 atom stereocenters. The fourth-order valence-electron chi connectivity index (χ4n) is 14.4. The molecule has 0 fully saturated rings. The number of hydrogen-bond donors (Lipinski definition) is 1. The van der Waals surface area contributed by atoms with Crippen LogP contribution in [0.25, 0.3) is 67.1 Å². The topological polar surface area (TPSA) is 43.6 Å². The third-order valence-electron chi connectivity index (χ3n) is 18.3. The van der Waals surface area contributed by atoms with E-state index in [1.807, 2.05) is 0 Å². The van der Waals surface area contributed by atoms with Gasteiger partial charge in [0.15, 0.2) is 11.5 Å². The highest BCUT2D eigenvalue weighted by atomic mass is 16.5. The molecule has 83 heavy (non-hydrogen) atoms. The summed E-state index contributed by atoms with van der Waals surface area (Å²) in [5, 5.41) is 8.34. The molecule has 6 heteroatoms. The van der Waals surface area contributed by atoms with E-state index in [-0.39, 0.29) is 0 Å². The van der Waals surface area contributed by atoms with Crippen LogP contribution >= 0.6 is 0 Å². The lowest BCUT2D eigenvalue weighted by Crippen LogP contribution is -2.31. The summed E-state index contributed by atoms with van der Waals surface area (Å²) >= 11 is 0. The average Bonchev–Trinajstić information content (AvgIpc) is 3.26. The Morgan fingerprint density at radius 3 is 1.28 bits per heavy atom. The Bertz CT molecular complexity index is 4810. The summed E-state index contributed by atoms with van der Waals surface area (Å²) in [5.74, 6) is 3.49. The molecule has 0 saturated heterocycles. The van der Waals surface area contributed by atoms with Gasteiger partial charge in [-0.3, -0.25) is 0 Å². The molecule has 1 aliphatic carbocycles. The summed E-state index contributed by atoms with van der Waals surface area (Å²) in [4.78, 5) is 2.35. The number of fused-ring (bicyclic) bond motifs is 14. The van der Waals surface area contributed by atoms with E-state index in [9.17, 15) is 0 Å². The van der Waals surface area contributed by atoms with Gasteiger partial charge in [-0.05, 0) is 131 Å². The lowest BCUT2D eigenvalue weighted by atomic mass is 9.67. The third kappa shape index (κ3) is 7.21. The minimum Gasteiger partial charge on any atom is -0.454 e. The summed E-state index contributed by atoms with van der Waals surface area (Å²) in [6.07, 6.45) is 4.81. The number of para-hydroxylation sites is 7. The van der Waals surface area contributed by atoms with Crippen LogP contribution in [0.5, 0.6) is 23.0 Å². The largest absolute Gasteiger partial charge is 0.454 e. The molecular formula is C77H60N4O2. The standard InChI is InChI=1S/C77H60N4O2/c1-75(2)61-46-67(80-63-34-20-16-30-53(63)57-44-49(38-42-65(57)80)78-48-24-10-7-11-25-48)73-71(76(3,4)59-32-18-22-36-69(59)82-73)55(61)40-41-56-62(75)47-68(74-72(56)77(5,6)60-33-19-23-37-70(60)83-74)81-64-35-21-17-31-54(64)58-45-52(39-43-66(58)81)79(50-26-12-8-13-27-50)51-28-14-9-15-29-51/h7-47,78H,1-6H3. The van der Waals surface area contributed by atoms with Gasteiger partial charge in [0.2, 0.25) is 0 Å². The van der Waals surface area contributed by atoms with Gasteiger partial charge in [-0.1, -0.05) is 181 Å². The molecule has 4 heterocycles.